The minimum absolute atomic E-state index is 0.101. The molecule has 0 unspecified atom stereocenters. The van der Waals surface area contributed by atoms with Crippen molar-refractivity contribution in [3.05, 3.63) is 41.7 Å². The molecule has 0 saturated heterocycles. The molecule has 2 amide bonds. The quantitative estimate of drug-likeness (QED) is 0.786. The molecule has 0 radical (unpaired) electrons. The molecule has 0 atom stereocenters. The molecular formula is C13H15FN2O2. The van der Waals surface area contributed by atoms with E-state index in [2.05, 4.69) is 10.6 Å². The zero-order chi connectivity index (χ0) is 13.5. The molecule has 0 aliphatic heterocycles. The van der Waals surface area contributed by atoms with Gasteiger partial charge in [0.05, 0.1) is 6.54 Å². The molecule has 18 heavy (non-hydrogen) atoms. The van der Waals surface area contributed by atoms with Gasteiger partial charge in [0.2, 0.25) is 11.8 Å². The van der Waals surface area contributed by atoms with Gasteiger partial charge < -0.3 is 10.6 Å². The van der Waals surface area contributed by atoms with E-state index in [0.717, 1.165) is 0 Å². The molecule has 0 saturated carbocycles. The Morgan fingerprint density at radius 1 is 1.33 bits per heavy atom. The van der Waals surface area contributed by atoms with Crippen LogP contribution in [0.3, 0.4) is 0 Å². The number of amides is 2. The smallest absolute Gasteiger partial charge is 0.244 e. The van der Waals surface area contributed by atoms with Crippen LogP contribution in [0, 0.1) is 5.82 Å². The molecule has 0 spiro atoms. The Morgan fingerprint density at radius 2 is 2.00 bits per heavy atom. The zero-order valence-electron chi connectivity index (χ0n) is 10.3. The molecule has 0 heterocycles. The van der Waals surface area contributed by atoms with Crippen LogP contribution in [0.25, 0.3) is 5.57 Å². The molecule has 5 heteroatoms. The lowest BCUT2D eigenvalue weighted by molar-refractivity contribution is -0.123. The molecule has 1 rings (SSSR count). The van der Waals surface area contributed by atoms with Crippen molar-refractivity contribution in [2.75, 3.05) is 13.6 Å². The average molecular weight is 250 g/mol. The van der Waals surface area contributed by atoms with Crippen molar-refractivity contribution >= 4 is 17.4 Å². The number of nitrogens with one attached hydrogen (secondary N) is 2. The maximum Gasteiger partial charge on any atom is 0.244 e. The third-order valence-corrected chi connectivity index (χ3v) is 2.35. The van der Waals surface area contributed by atoms with E-state index in [-0.39, 0.29) is 18.3 Å². The Balaban J connectivity index is 2.69. The molecular weight excluding hydrogens is 235 g/mol. The second kappa shape index (κ2) is 6.54. The first kappa shape index (κ1) is 13.9. The van der Waals surface area contributed by atoms with Crippen LogP contribution in [0.15, 0.2) is 30.3 Å². The topological polar surface area (TPSA) is 58.2 Å². The maximum atomic E-state index is 13.4. The van der Waals surface area contributed by atoms with Gasteiger partial charge in [0, 0.05) is 18.7 Å². The molecule has 1 aromatic rings. The summed E-state index contributed by atoms with van der Waals surface area (Å²) in [4.78, 5) is 22.4. The van der Waals surface area contributed by atoms with Crippen LogP contribution in [0.2, 0.25) is 0 Å². The van der Waals surface area contributed by atoms with Crippen LogP contribution in [0.5, 0.6) is 0 Å². The summed E-state index contributed by atoms with van der Waals surface area (Å²) in [5.74, 6) is -1.11. The Labute approximate surface area is 105 Å². The molecule has 0 aliphatic rings. The van der Waals surface area contributed by atoms with Gasteiger partial charge in [-0.2, -0.15) is 0 Å². The number of hydrogen-bond donors (Lipinski definition) is 2. The van der Waals surface area contributed by atoms with Gasteiger partial charge in [0.25, 0.3) is 0 Å². The molecule has 1 aromatic carbocycles. The summed E-state index contributed by atoms with van der Waals surface area (Å²) >= 11 is 0. The van der Waals surface area contributed by atoms with Gasteiger partial charge >= 0.3 is 0 Å². The number of halogens is 1. The van der Waals surface area contributed by atoms with Gasteiger partial charge in [-0.25, -0.2) is 4.39 Å². The van der Waals surface area contributed by atoms with Crippen molar-refractivity contribution < 1.29 is 14.0 Å². The minimum atomic E-state index is -0.431. The highest BCUT2D eigenvalue weighted by atomic mass is 19.1. The number of carbonyl (C=O) groups excluding carboxylic acids is 2. The maximum absolute atomic E-state index is 13.4. The first-order valence-corrected chi connectivity index (χ1v) is 5.46. The normalized spacial score (nSPS) is 10.9. The van der Waals surface area contributed by atoms with Crippen LogP contribution < -0.4 is 10.6 Å². The van der Waals surface area contributed by atoms with Gasteiger partial charge in [-0.1, -0.05) is 18.2 Å². The first-order valence-electron chi connectivity index (χ1n) is 5.46. The molecule has 0 bridgehead atoms. The fourth-order valence-corrected chi connectivity index (χ4v) is 1.36. The van der Waals surface area contributed by atoms with Crippen molar-refractivity contribution in [3.63, 3.8) is 0 Å². The predicted octanol–water partition coefficient (Wildman–Crippen LogP) is 1.09. The largest absolute Gasteiger partial charge is 0.358 e. The Morgan fingerprint density at radius 3 is 2.61 bits per heavy atom. The lowest BCUT2D eigenvalue weighted by Gasteiger charge is -2.04. The van der Waals surface area contributed by atoms with E-state index in [4.69, 9.17) is 0 Å². The molecule has 96 valence electrons. The Hall–Kier alpha value is -2.17. The average Bonchev–Trinajstić information content (AvgIpc) is 2.36. The zero-order valence-corrected chi connectivity index (χ0v) is 10.3. The molecule has 4 nitrogen and oxygen atoms in total. The molecule has 0 fully saturated rings. The van der Waals surface area contributed by atoms with Crippen LogP contribution in [0.1, 0.15) is 12.5 Å². The second-order valence-electron chi connectivity index (χ2n) is 3.70. The van der Waals surface area contributed by atoms with E-state index in [0.29, 0.717) is 11.1 Å². The standard InChI is InChI=1S/C13H15FN2O2/c1-9(10-5-3-4-6-11(10)14)7-12(17)16-8-13(18)15-2/h3-7H,8H2,1-2H3,(H,15,18)(H,16,17). The van der Waals surface area contributed by atoms with Crippen molar-refractivity contribution in [1.29, 1.82) is 0 Å². The summed E-state index contributed by atoms with van der Waals surface area (Å²) in [6.07, 6.45) is 1.27. The van der Waals surface area contributed by atoms with E-state index in [1.54, 1.807) is 25.1 Å². The summed E-state index contributed by atoms with van der Waals surface area (Å²) in [6.45, 7) is 1.54. The molecule has 2 N–H and O–H groups in total. The molecule has 0 aromatic heterocycles. The highest BCUT2D eigenvalue weighted by molar-refractivity contribution is 5.96. The van der Waals surface area contributed by atoms with Crippen LogP contribution in [-0.2, 0) is 9.59 Å². The third-order valence-electron chi connectivity index (χ3n) is 2.35. The van der Waals surface area contributed by atoms with E-state index in [1.807, 2.05) is 0 Å². The van der Waals surface area contributed by atoms with Crippen molar-refractivity contribution in [2.24, 2.45) is 0 Å². The van der Waals surface area contributed by atoms with Gasteiger partial charge in [-0.05, 0) is 18.6 Å². The number of rotatable bonds is 4. The first-order chi connectivity index (χ1) is 8.54. The molecule has 0 aliphatic carbocycles. The highest BCUT2D eigenvalue weighted by Gasteiger charge is 2.06. The SMILES string of the molecule is CNC(=O)CNC(=O)C=C(C)c1ccccc1F. The van der Waals surface area contributed by atoms with Gasteiger partial charge in [0.15, 0.2) is 0 Å². The summed E-state index contributed by atoms with van der Waals surface area (Å²) in [7, 11) is 1.48. The van der Waals surface area contributed by atoms with Gasteiger partial charge in [0.1, 0.15) is 5.82 Å². The monoisotopic (exact) mass is 250 g/mol. The van der Waals surface area contributed by atoms with Crippen molar-refractivity contribution in [3.8, 4) is 0 Å². The Bertz CT molecular complexity index is 484. The third kappa shape index (κ3) is 4.01. The number of allylic oxidation sites excluding steroid dienone is 1. The van der Waals surface area contributed by atoms with E-state index in [9.17, 15) is 14.0 Å². The number of carbonyl (C=O) groups is 2. The summed E-state index contributed by atoms with van der Waals surface area (Å²) in [5.41, 5.74) is 0.870. The van der Waals surface area contributed by atoms with E-state index in [1.165, 1.54) is 19.2 Å². The fourth-order valence-electron chi connectivity index (χ4n) is 1.36. The van der Waals surface area contributed by atoms with E-state index >= 15 is 0 Å². The fraction of sp³-hybridized carbons (Fsp3) is 0.231. The van der Waals surface area contributed by atoms with Crippen LogP contribution >= 0.6 is 0 Å². The van der Waals surface area contributed by atoms with Crippen LogP contribution in [0.4, 0.5) is 4.39 Å². The van der Waals surface area contributed by atoms with Crippen LogP contribution in [-0.4, -0.2) is 25.4 Å². The van der Waals surface area contributed by atoms with E-state index < -0.39 is 5.91 Å². The van der Waals surface area contributed by atoms with Gasteiger partial charge in [-0.3, -0.25) is 9.59 Å². The minimum Gasteiger partial charge on any atom is -0.358 e. The Kier molecular flexibility index (Phi) is 5.05. The highest BCUT2D eigenvalue weighted by Crippen LogP contribution is 2.16. The summed E-state index contributed by atoms with van der Waals surface area (Å²) < 4.78 is 13.4. The second-order valence-corrected chi connectivity index (χ2v) is 3.70. The summed E-state index contributed by atoms with van der Waals surface area (Å²) in [6, 6.07) is 6.19. The number of hydrogen-bond acceptors (Lipinski definition) is 2. The number of benzene rings is 1. The van der Waals surface area contributed by atoms with Gasteiger partial charge in [-0.15, -0.1) is 0 Å². The summed E-state index contributed by atoms with van der Waals surface area (Å²) in [5, 5.41) is 4.78. The lowest BCUT2D eigenvalue weighted by atomic mass is 10.1. The lowest BCUT2D eigenvalue weighted by Crippen LogP contribution is -2.34. The van der Waals surface area contributed by atoms with Crippen molar-refractivity contribution in [1.82, 2.24) is 10.6 Å². The number of likely N-dealkylation sites (N-methyl/N-ethyl adjacent to an activating group) is 1. The van der Waals surface area contributed by atoms with Crippen molar-refractivity contribution in [2.45, 2.75) is 6.92 Å². The predicted molar refractivity (Wildman–Crippen MR) is 67.1 cm³/mol.